The van der Waals surface area contributed by atoms with Crippen molar-refractivity contribution in [3.05, 3.63) is 17.7 Å². The standard InChI is InChI=1S/C11H15N3O4/c15-10(8-9(11(16)17)14-6-13-8)12-3-1-7-2-4-18-5-7/h6-7H,1-5H2,(H,12,15)(H,13,14)(H,16,17). The van der Waals surface area contributed by atoms with E-state index in [1.165, 1.54) is 6.33 Å². The number of aromatic nitrogens is 2. The first-order valence-electron chi connectivity index (χ1n) is 5.81. The van der Waals surface area contributed by atoms with Gasteiger partial charge in [-0.15, -0.1) is 0 Å². The molecule has 0 spiro atoms. The molecule has 1 amide bonds. The van der Waals surface area contributed by atoms with E-state index in [2.05, 4.69) is 15.3 Å². The topological polar surface area (TPSA) is 104 Å². The summed E-state index contributed by atoms with van der Waals surface area (Å²) < 4.78 is 5.23. The molecule has 2 rings (SSSR count). The lowest BCUT2D eigenvalue weighted by Crippen LogP contribution is -2.27. The van der Waals surface area contributed by atoms with Gasteiger partial charge in [0.05, 0.1) is 6.33 Å². The zero-order valence-electron chi connectivity index (χ0n) is 9.81. The fourth-order valence-corrected chi connectivity index (χ4v) is 1.91. The van der Waals surface area contributed by atoms with Crippen molar-refractivity contribution in [2.75, 3.05) is 19.8 Å². The number of carbonyl (C=O) groups excluding carboxylic acids is 1. The highest BCUT2D eigenvalue weighted by molar-refractivity contribution is 6.02. The van der Waals surface area contributed by atoms with Crippen molar-refractivity contribution in [1.29, 1.82) is 0 Å². The molecule has 1 aromatic rings. The van der Waals surface area contributed by atoms with Crippen molar-refractivity contribution in [2.24, 2.45) is 5.92 Å². The maximum atomic E-state index is 11.7. The largest absolute Gasteiger partial charge is 0.477 e. The third-order valence-electron chi connectivity index (χ3n) is 2.93. The van der Waals surface area contributed by atoms with Crippen LogP contribution in [0, 0.1) is 5.92 Å². The number of aromatic amines is 1. The number of amides is 1. The Labute approximate surface area is 104 Å². The van der Waals surface area contributed by atoms with Crippen molar-refractivity contribution in [3.63, 3.8) is 0 Å². The van der Waals surface area contributed by atoms with Gasteiger partial charge in [0.2, 0.25) is 0 Å². The fraction of sp³-hybridized carbons (Fsp3) is 0.545. The Hall–Kier alpha value is -1.89. The first-order valence-corrected chi connectivity index (χ1v) is 5.81. The zero-order chi connectivity index (χ0) is 13.0. The Bertz CT molecular complexity index is 437. The van der Waals surface area contributed by atoms with Crippen molar-refractivity contribution >= 4 is 11.9 Å². The first kappa shape index (κ1) is 12.6. The van der Waals surface area contributed by atoms with Crippen LogP contribution in [0.1, 0.15) is 33.8 Å². The minimum Gasteiger partial charge on any atom is -0.477 e. The SMILES string of the molecule is O=C(NCCC1CCOC1)c1nc[nH]c1C(=O)O. The molecule has 18 heavy (non-hydrogen) atoms. The maximum Gasteiger partial charge on any atom is 0.354 e. The van der Waals surface area contributed by atoms with Gasteiger partial charge in [-0.05, 0) is 18.8 Å². The van der Waals surface area contributed by atoms with E-state index in [4.69, 9.17) is 9.84 Å². The molecule has 0 saturated carbocycles. The lowest BCUT2D eigenvalue weighted by molar-refractivity contribution is 0.0685. The van der Waals surface area contributed by atoms with Gasteiger partial charge in [0, 0.05) is 19.8 Å². The van der Waals surface area contributed by atoms with E-state index >= 15 is 0 Å². The van der Waals surface area contributed by atoms with E-state index < -0.39 is 11.9 Å². The van der Waals surface area contributed by atoms with Crippen LogP contribution in [0.4, 0.5) is 0 Å². The predicted octanol–water partition coefficient (Wildman–Crippen LogP) is 0.264. The van der Waals surface area contributed by atoms with Crippen molar-refractivity contribution in [1.82, 2.24) is 15.3 Å². The molecule has 1 aliphatic rings. The Morgan fingerprint density at radius 3 is 3.11 bits per heavy atom. The minimum absolute atomic E-state index is 0.0785. The van der Waals surface area contributed by atoms with E-state index in [0.717, 1.165) is 26.1 Å². The van der Waals surface area contributed by atoms with Crippen LogP contribution in [-0.4, -0.2) is 46.7 Å². The zero-order valence-corrected chi connectivity index (χ0v) is 9.81. The number of nitrogens with one attached hydrogen (secondary N) is 2. The number of H-pyrrole nitrogens is 1. The molecule has 2 heterocycles. The Balaban J connectivity index is 1.83. The number of rotatable bonds is 5. The molecule has 1 saturated heterocycles. The van der Waals surface area contributed by atoms with E-state index in [-0.39, 0.29) is 11.4 Å². The van der Waals surface area contributed by atoms with Crippen LogP contribution in [0.2, 0.25) is 0 Å². The molecule has 0 aliphatic carbocycles. The summed E-state index contributed by atoms with van der Waals surface area (Å²) in [5.74, 6) is -1.18. The number of carboxylic acids is 1. The number of carboxylic acid groups (broad SMARTS) is 1. The normalized spacial score (nSPS) is 18.8. The summed E-state index contributed by atoms with van der Waals surface area (Å²) in [6.07, 6.45) is 3.04. The quantitative estimate of drug-likeness (QED) is 0.698. The highest BCUT2D eigenvalue weighted by atomic mass is 16.5. The molecule has 3 N–H and O–H groups in total. The molecule has 0 aromatic carbocycles. The van der Waals surface area contributed by atoms with Crippen LogP contribution < -0.4 is 5.32 Å². The summed E-state index contributed by atoms with van der Waals surface area (Å²) >= 11 is 0. The number of ether oxygens (including phenoxy) is 1. The highest BCUT2D eigenvalue weighted by Gasteiger charge is 2.20. The number of hydrogen-bond donors (Lipinski definition) is 3. The summed E-state index contributed by atoms with van der Waals surface area (Å²) in [4.78, 5) is 28.7. The van der Waals surface area contributed by atoms with Crippen LogP contribution in [0.3, 0.4) is 0 Å². The summed E-state index contributed by atoms with van der Waals surface area (Å²) in [5.41, 5.74) is -0.262. The van der Waals surface area contributed by atoms with E-state index in [0.29, 0.717) is 12.5 Å². The van der Waals surface area contributed by atoms with Gasteiger partial charge in [0.1, 0.15) is 0 Å². The second-order valence-corrected chi connectivity index (χ2v) is 4.21. The van der Waals surface area contributed by atoms with Gasteiger partial charge in [0.15, 0.2) is 11.4 Å². The summed E-state index contributed by atoms with van der Waals surface area (Å²) in [6, 6.07) is 0. The van der Waals surface area contributed by atoms with E-state index in [9.17, 15) is 9.59 Å². The lowest BCUT2D eigenvalue weighted by atomic mass is 10.1. The average molecular weight is 253 g/mol. The highest BCUT2D eigenvalue weighted by Crippen LogP contribution is 2.15. The number of imidazole rings is 1. The number of aromatic carboxylic acids is 1. The second kappa shape index (κ2) is 5.63. The van der Waals surface area contributed by atoms with E-state index in [1.807, 2.05) is 0 Å². The summed E-state index contributed by atoms with van der Waals surface area (Å²) in [5, 5.41) is 11.5. The van der Waals surface area contributed by atoms with Crippen LogP contribution in [0.15, 0.2) is 6.33 Å². The van der Waals surface area contributed by atoms with Gasteiger partial charge in [-0.2, -0.15) is 0 Å². The molecule has 98 valence electrons. The van der Waals surface area contributed by atoms with Gasteiger partial charge in [-0.3, -0.25) is 4.79 Å². The third-order valence-corrected chi connectivity index (χ3v) is 2.93. The van der Waals surface area contributed by atoms with Crippen molar-refractivity contribution in [2.45, 2.75) is 12.8 Å². The third kappa shape index (κ3) is 2.86. The number of hydrogen-bond acceptors (Lipinski definition) is 4. The number of carbonyl (C=O) groups is 2. The minimum atomic E-state index is -1.19. The number of nitrogens with zero attached hydrogens (tertiary/aromatic N) is 1. The molecule has 1 aliphatic heterocycles. The lowest BCUT2D eigenvalue weighted by Gasteiger charge is -2.08. The average Bonchev–Trinajstić information content (AvgIpc) is 2.99. The molecule has 1 atom stereocenters. The van der Waals surface area contributed by atoms with Crippen molar-refractivity contribution in [3.8, 4) is 0 Å². The van der Waals surface area contributed by atoms with E-state index in [1.54, 1.807) is 0 Å². The molecule has 7 heteroatoms. The summed E-state index contributed by atoms with van der Waals surface area (Å²) in [6.45, 7) is 2.01. The predicted molar refractivity (Wildman–Crippen MR) is 61.4 cm³/mol. The van der Waals surface area contributed by atoms with Crippen LogP contribution in [-0.2, 0) is 4.74 Å². The van der Waals surface area contributed by atoms with Crippen LogP contribution in [0.25, 0.3) is 0 Å². The molecule has 1 fully saturated rings. The second-order valence-electron chi connectivity index (χ2n) is 4.21. The fourth-order valence-electron chi connectivity index (χ4n) is 1.91. The monoisotopic (exact) mass is 253 g/mol. The molecule has 0 bridgehead atoms. The van der Waals surface area contributed by atoms with Crippen molar-refractivity contribution < 1.29 is 19.4 Å². The molecular formula is C11H15N3O4. The molecule has 1 unspecified atom stereocenters. The summed E-state index contributed by atoms with van der Waals surface area (Å²) in [7, 11) is 0. The molecule has 0 radical (unpaired) electrons. The molecular weight excluding hydrogens is 238 g/mol. The van der Waals surface area contributed by atoms with Crippen LogP contribution in [0.5, 0.6) is 0 Å². The first-order chi connectivity index (χ1) is 8.68. The Morgan fingerprint density at radius 2 is 2.44 bits per heavy atom. The Morgan fingerprint density at radius 1 is 1.61 bits per heavy atom. The maximum absolute atomic E-state index is 11.7. The van der Waals surface area contributed by atoms with Gasteiger partial charge in [-0.1, -0.05) is 0 Å². The van der Waals surface area contributed by atoms with Gasteiger partial charge < -0.3 is 20.1 Å². The molecule has 7 nitrogen and oxygen atoms in total. The van der Waals surface area contributed by atoms with Gasteiger partial charge in [0.25, 0.3) is 5.91 Å². The smallest absolute Gasteiger partial charge is 0.354 e. The van der Waals surface area contributed by atoms with Gasteiger partial charge in [-0.25, -0.2) is 9.78 Å². The Kier molecular flexibility index (Phi) is 3.93. The molecule has 1 aromatic heterocycles. The van der Waals surface area contributed by atoms with Crippen LogP contribution >= 0.6 is 0 Å². The van der Waals surface area contributed by atoms with Gasteiger partial charge >= 0.3 is 5.97 Å².